The van der Waals surface area contributed by atoms with Crippen molar-refractivity contribution in [1.82, 2.24) is 9.80 Å². The molecule has 1 saturated carbocycles. The molecule has 1 aliphatic rings. The predicted molar refractivity (Wildman–Crippen MR) is 82.1 cm³/mol. The van der Waals surface area contributed by atoms with Gasteiger partial charge in [-0.3, -0.25) is 9.80 Å². The maximum absolute atomic E-state index is 13.1. The highest BCUT2D eigenvalue weighted by molar-refractivity contribution is 5.67. The second kappa shape index (κ2) is 9.15. The van der Waals surface area contributed by atoms with Crippen LogP contribution in [-0.4, -0.2) is 81.1 Å². The molecule has 18 heteroatoms. The Balaban J connectivity index is 3.55. The molecule has 0 aromatic rings. The molecule has 0 radical (unpaired) electrons. The van der Waals surface area contributed by atoms with Gasteiger partial charge in [0.1, 0.15) is 0 Å². The summed E-state index contributed by atoms with van der Waals surface area (Å²) in [7, 11) is 0. The molecule has 0 spiro atoms. The molecule has 0 aromatic heterocycles. The Hall–Kier alpha value is -2.30. The van der Waals surface area contributed by atoms with Crippen LogP contribution < -0.4 is 0 Å². The second-order valence-corrected chi connectivity index (χ2v) is 7.36. The lowest BCUT2D eigenvalue weighted by Gasteiger charge is -2.47. The number of halogens is 12. The average Bonchev–Trinajstić information content (AvgIpc) is 2.53. The largest absolute Gasteiger partial charge is 0.465 e. The van der Waals surface area contributed by atoms with E-state index in [1.165, 1.54) is 0 Å². The van der Waals surface area contributed by atoms with Crippen molar-refractivity contribution in [1.29, 1.82) is 0 Å². The maximum atomic E-state index is 13.1. The molecule has 194 valence electrons. The van der Waals surface area contributed by atoms with Gasteiger partial charge >= 0.3 is 36.9 Å². The lowest BCUT2D eigenvalue weighted by atomic mass is 9.80. The first kappa shape index (κ1) is 28.7. The Morgan fingerprint density at radius 2 is 1.03 bits per heavy atom. The third-order valence-corrected chi connectivity index (χ3v) is 5.11. The van der Waals surface area contributed by atoms with Gasteiger partial charge in [-0.25, -0.2) is 9.59 Å². The summed E-state index contributed by atoms with van der Waals surface area (Å²) in [5.41, 5.74) is 0. The van der Waals surface area contributed by atoms with Crippen LogP contribution in [0.2, 0.25) is 0 Å². The molecule has 0 saturated heterocycles. The summed E-state index contributed by atoms with van der Waals surface area (Å²) in [5.74, 6) is -1.39. The SMILES string of the molecule is CC1CCC(N(C(=O)O)C(C(F)(F)F)C(F)(F)F)CC1N(C(=O)O)C(C(F)(F)F)C(F)(F)F. The fourth-order valence-electron chi connectivity index (χ4n) is 3.84. The van der Waals surface area contributed by atoms with E-state index in [0.29, 0.717) is 0 Å². The average molecular weight is 516 g/mol. The van der Waals surface area contributed by atoms with E-state index in [0.717, 1.165) is 6.92 Å². The number of carboxylic acid groups (broad SMARTS) is 2. The van der Waals surface area contributed by atoms with Gasteiger partial charge in [-0.2, -0.15) is 52.7 Å². The van der Waals surface area contributed by atoms with Gasteiger partial charge in [0, 0.05) is 12.1 Å². The number of amides is 2. The van der Waals surface area contributed by atoms with E-state index in [1.807, 2.05) is 0 Å². The Morgan fingerprint density at radius 3 is 1.33 bits per heavy atom. The molecule has 3 atom stereocenters. The molecule has 1 fully saturated rings. The van der Waals surface area contributed by atoms with Crippen molar-refractivity contribution in [3.05, 3.63) is 0 Å². The zero-order valence-corrected chi connectivity index (χ0v) is 16.1. The van der Waals surface area contributed by atoms with E-state index in [2.05, 4.69) is 0 Å². The zero-order valence-electron chi connectivity index (χ0n) is 16.1. The summed E-state index contributed by atoms with van der Waals surface area (Å²) < 4.78 is 157. The lowest BCUT2D eigenvalue weighted by molar-refractivity contribution is -0.292. The highest BCUT2D eigenvalue weighted by atomic mass is 19.4. The summed E-state index contributed by atoms with van der Waals surface area (Å²) >= 11 is 0. The molecule has 0 aromatic carbocycles. The molecule has 6 nitrogen and oxygen atoms in total. The fraction of sp³-hybridized carbons (Fsp3) is 0.867. The van der Waals surface area contributed by atoms with Gasteiger partial charge in [0.05, 0.1) is 0 Å². The molecular weight excluding hydrogens is 500 g/mol. The van der Waals surface area contributed by atoms with Gasteiger partial charge in [-0.05, 0) is 25.2 Å². The van der Waals surface area contributed by atoms with E-state index >= 15 is 0 Å². The third kappa shape index (κ3) is 6.61. The number of alkyl halides is 12. The second-order valence-electron chi connectivity index (χ2n) is 7.36. The summed E-state index contributed by atoms with van der Waals surface area (Å²) in [6, 6.07) is -14.1. The van der Waals surface area contributed by atoms with Crippen LogP contribution in [0.15, 0.2) is 0 Å². The Morgan fingerprint density at radius 1 is 0.697 bits per heavy atom. The predicted octanol–water partition coefficient (Wildman–Crippen LogP) is 5.49. The van der Waals surface area contributed by atoms with Crippen molar-refractivity contribution in [2.45, 2.75) is 75.1 Å². The summed E-state index contributed by atoms with van der Waals surface area (Å²) in [6.45, 7) is 0.941. The van der Waals surface area contributed by atoms with E-state index in [1.54, 1.807) is 0 Å². The van der Waals surface area contributed by atoms with Gasteiger partial charge in [0.25, 0.3) is 0 Å². The van der Waals surface area contributed by atoms with Gasteiger partial charge < -0.3 is 10.2 Å². The molecule has 2 N–H and O–H groups in total. The Bertz CT molecular complexity index is 690. The molecule has 0 heterocycles. The topological polar surface area (TPSA) is 81.1 Å². The van der Waals surface area contributed by atoms with Crippen molar-refractivity contribution in [3.8, 4) is 0 Å². The first-order valence-corrected chi connectivity index (χ1v) is 8.80. The molecule has 33 heavy (non-hydrogen) atoms. The van der Waals surface area contributed by atoms with E-state index < -0.39 is 96.0 Å². The smallest absolute Gasteiger partial charge is 0.417 e. The van der Waals surface area contributed by atoms with Gasteiger partial charge in [0.2, 0.25) is 12.1 Å². The number of carbonyl (C=O) groups is 2. The van der Waals surface area contributed by atoms with Crippen molar-refractivity contribution in [2.75, 3.05) is 0 Å². The van der Waals surface area contributed by atoms with Crippen LogP contribution in [-0.2, 0) is 0 Å². The minimum atomic E-state index is -6.24. The van der Waals surface area contributed by atoms with Crippen LogP contribution in [0, 0.1) is 5.92 Å². The molecule has 1 aliphatic carbocycles. The normalized spacial score (nSPS) is 23.1. The number of hydrogen-bond acceptors (Lipinski definition) is 2. The fourth-order valence-corrected chi connectivity index (χ4v) is 3.84. The first-order chi connectivity index (χ1) is 14.5. The number of hydrogen-bond donors (Lipinski definition) is 2. The minimum absolute atomic E-state index is 0.659. The van der Waals surface area contributed by atoms with E-state index in [-0.39, 0.29) is 0 Å². The molecular formula is C15H16F12N2O4. The van der Waals surface area contributed by atoms with Crippen molar-refractivity contribution in [3.63, 3.8) is 0 Å². The molecule has 1 rings (SSSR count). The molecule has 3 unspecified atom stereocenters. The monoisotopic (exact) mass is 516 g/mol. The highest BCUT2D eigenvalue weighted by Crippen LogP contribution is 2.44. The maximum Gasteiger partial charge on any atom is 0.417 e. The number of rotatable bonds is 4. The van der Waals surface area contributed by atoms with Crippen LogP contribution in [0.5, 0.6) is 0 Å². The summed E-state index contributed by atoms with van der Waals surface area (Å²) in [6.07, 6.45) is -33.5. The zero-order chi connectivity index (χ0) is 26.3. The van der Waals surface area contributed by atoms with Gasteiger partial charge in [0.15, 0.2) is 0 Å². The van der Waals surface area contributed by atoms with Gasteiger partial charge in [-0.15, -0.1) is 0 Å². The Kier molecular flexibility index (Phi) is 7.97. The molecule has 0 aliphatic heterocycles. The Labute approximate surface area is 176 Å². The third-order valence-electron chi connectivity index (χ3n) is 5.11. The standard InChI is InChI=1S/C15H16F12N2O4/c1-5-2-3-6(28(10(30)31)8(12(16,17)18)13(19,20)21)4-7(5)29(11(32)33)9(14(22,23)24)15(25,26)27/h5-9H,2-4H2,1H3,(H,30,31)(H,32,33). The van der Waals surface area contributed by atoms with Crippen molar-refractivity contribution in [2.24, 2.45) is 5.92 Å². The summed E-state index contributed by atoms with van der Waals surface area (Å²) in [4.78, 5) is 20.4. The van der Waals surface area contributed by atoms with Crippen LogP contribution in [0.1, 0.15) is 26.2 Å². The molecule has 2 amide bonds. The van der Waals surface area contributed by atoms with Crippen molar-refractivity contribution >= 4 is 12.2 Å². The highest BCUT2D eigenvalue weighted by Gasteiger charge is 2.65. The lowest BCUT2D eigenvalue weighted by Crippen LogP contribution is -2.65. The summed E-state index contributed by atoms with van der Waals surface area (Å²) in [5, 5.41) is 18.1. The number of nitrogens with zero attached hydrogens (tertiary/aromatic N) is 2. The van der Waals surface area contributed by atoms with E-state index in [4.69, 9.17) is 10.2 Å². The van der Waals surface area contributed by atoms with Gasteiger partial charge in [-0.1, -0.05) is 6.92 Å². The van der Waals surface area contributed by atoms with Crippen LogP contribution in [0.25, 0.3) is 0 Å². The minimum Gasteiger partial charge on any atom is -0.465 e. The first-order valence-electron chi connectivity index (χ1n) is 8.80. The van der Waals surface area contributed by atoms with Crippen LogP contribution >= 0.6 is 0 Å². The quantitative estimate of drug-likeness (QED) is 0.485. The van der Waals surface area contributed by atoms with E-state index in [9.17, 15) is 62.3 Å². The van der Waals surface area contributed by atoms with Crippen LogP contribution in [0.4, 0.5) is 62.3 Å². The molecule has 0 bridgehead atoms. The van der Waals surface area contributed by atoms with Crippen molar-refractivity contribution < 1.29 is 72.5 Å². The van der Waals surface area contributed by atoms with Crippen LogP contribution in [0.3, 0.4) is 0 Å².